The van der Waals surface area contributed by atoms with E-state index < -0.39 is 26.7 Å². The third-order valence-corrected chi connectivity index (χ3v) is 4.56. The van der Waals surface area contributed by atoms with E-state index in [2.05, 4.69) is 4.72 Å². The minimum Gasteiger partial charge on any atom is -0.297 e. The summed E-state index contributed by atoms with van der Waals surface area (Å²) < 4.78 is 65.1. The molecule has 0 spiro atoms. The van der Waals surface area contributed by atoms with Crippen molar-refractivity contribution in [3.8, 4) is 0 Å². The van der Waals surface area contributed by atoms with Crippen LogP contribution in [0, 0.1) is 5.41 Å². The largest absolute Gasteiger partial charge is 0.416 e. The zero-order chi connectivity index (χ0) is 18.7. The maximum Gasteiger partial charge on any atom is 0.416 e. The second-order valence-electron chi connectivity index (χ2n) is 5.13. The van der Waals surface area contributed by atoms with E-state index >= 15 is 0 Å². The number of nitrogens with two attached hydrogens (primary N) is 1. The molecule has 0 saturated heterocycles. The predicted octanol–water partition coefficient (Wildman–Crippen LogP) is 2.79. The van der Waals surface area contributed by atoms with Crippen molar-refractivity contribution in [1.82, 2.24) is 5.01 Å². The molecule has 0 unspecified atom stereocenters. The molecule has 0 saturated carbocycles. The molecular weight excluding hydrogens is 357 g/mol. The van der Waals surface area contributed by atoms with E-state index in [0.717, 1.165) is 29.5 Å². The molecule has 0 fully saturated rings. The van der Waals surface area contributed by atoms with Gasteiger partial charge in [0.25, 0.3) is 10.0 Å². The molecule has 0 aromatic heterocycles. The lowest BCUT2D eigenvalue weighted by molar-refractivity contribution is -0.137. The number of rotatable bonds is 6. The van der Waals surface area contributed by atoms with Gasteiger partial charge in [-0.05, 0) is 35.9 Å². The average molecular weight is 372 g/mol. The third kappa shape index (κ3) is 4.94. The Kier molecular flexibility index (Phi) is 5.33. The first-order valence-electron chi connectivity index (χ1n) is 6.93. The molecular formula is C15H15F3N4O2S. The average Bonchev–Trinajstić information content (AvgIpc) is 2.54. The molecule has 134 valence electrons. The van der Waals surface area contributed by atoms with Crippen LogP contribution < -0.4 is 10.6 Å². The third-order valence-electron chi connectivity index (χ3n) is 3.18. The van der Waals surface area contributed by atoms with E-state index in [1.165, 1.54) is 12.1 Å². The number of alkyl halides is 3. The summed E-state index contributed by atoms with van der Waals surface area (Å²) in [5.41, 5.74) is -0.252. The number of nitrogens with zero attached hydrogens (tertiary/aromatic N) is 1. The summed E-state index contributed by atoms with van der Waals surface area (Å²) in [6, 6.07) is 9.66. The van der Waals surface area contributed by atoms with Crippen LogP contribution in [0.2, 0.25) is 0 Å². The molecule has 0 amide bonds. The van der Waals surface area contributed by atoms with Crippen molar-refractivity contribution in [1.29, 1.82) is 5.41 Å². The highest BCUT2D eigenvalue weighted by molar-refractivity contribution is 7.92. The van der Waals surface area contributed by atoms with E-state index in [9.17, 15) is 21.6 Å². The van der Waals surface area contributed by atoms with Crippen molar-refractivity contribution in [3.05, 3.63) is 59.7 Å². The summed E-state index contributed by atoms with van der Waals surface area (Å²) in [6.07, 6.45) is -3.73. The minimum absolute atomic E-state index is 0.169. The SMILES string of the molecule is N=CN(N)Cc1cccc(NS(=O)(=O)c2cccc(C(F)(F)F)c2)c1. The molecule has 0 aliphatic carbocycles. The number of hydrogen-bond donors (Lipinski definition) is 3. The van der Waals surface area contributed by atoms with E-state index in [-0.39, 0.29) is 12.2 Å². The molecule has 0 heterocycles. The monoisotopic (exact) mass is 372 g/mol. The fourth-order valence-corrected chi connectivity index (χ4v) is 3.14. The molecule has 0 atom stereocenters. The van der Waals surface area contributed by atoms with Gasteiger partial charge in [-0.3, -0.25) is 15.1 Å². The summed E-state index contributed by atoms with van der Waals surface area (Å²) >= 11 is 0. The fraction of sp³-hybridized carbons (Fsp3) is 0.133. The van der Waals surface area contributed by atoms with Crippen molar-refractivity contribution in [2.24, 2.45) is 5.84 Å². The Labute approximate surface area is 142 Å². The first-order chi connectivity index (χ1) is 11.6. The number of benzene rings is 2. The number of halogens is 3. The van der Waals surface area contributed by atoms with Crippen LogP contribution in [0.25, 0.3) is 0 Å². The first kappa shape index (κ1) is 18.7. The maximum absolute atomic E-state index is 12.7. The Morgan fingerprint density at radius 2 is 1.84 bits per heavy atom. The zero-order valence-electron chi connectivity index (χ0n) is 12.8. The van der Waals surface area contributed by atoms with Crippen LogP contribution in [0.1, 0.15) is 11.1 Å². The molecule has 2 rings (SSSR count). The Hall–Kier alpha value is -2.59. The number of nitrogens with one attached hydrogen (secondary N) is 2. The zero-order valence-corrected chi connectivity index (χ0v) is 13.6. The standard InChI is InChI=1S/C15H15F3N4O2S/c16-15(17,18)12-4-2-6-14(8-12)25(23,24)21-13-5-1-3-11(7-13)9-22(20)10-19/h1-8,10,19,21H,9,20H2. The lowest BCUT2D eigenvalue weighted by Crippen LogP contribution is -2.28. The number of hydrazine groups is 1. The lowest BCUT2D eigenvalue weighted by atomic mass is 10.2. The molecule has 6 nitrogen and oxygen atoms in total. The second-order valence-corrected chi connectivity index (χ2v) is 6.82. The molecule has 2 aromatic rings. The van der Waals surface area contributed by atoms with Gasteiger partial charge >= 0.3 is 6.18 Å². The second kappa shape index (κ2) is 7.11. The summed E-state index contributed by atoms with van der Waals surface area (Å²) in [4.78, 5) is -0.493. The lowest BCUT2D eigenvalue weighted by Gasteiger charge is -2.14. The Bertz CT molecular complexity index is 869. The summed E-state index contributed by atoms with van der Waals surface area (Å²) in [5.74, 6) is 5.48. The predicted molar refractivity (Wildman–Crippen MR) is 87.2 cm³/mol. The summed E-state index contributed by atoms with van der Waals surface area (Å²) in [7, 11) is -4.19. The van der Waals surface area contributed by atoms with Gasteiger partial charge in [-0.1, -0.05) is 18.2 Å². The van der Waals surface area contributed by atoms with E-state index in [4.69, 9.17) is 11.3 Å². The van der Waals surface area contributed by atoms with Crippen LogP contribution in [0.5, 0.6) is 0 Å². The minimum atomic E-state index is -4.64. The van der Waals surface area contributed by atoms with Crippen molar-refractivity contribution in [2.75, 3.05) is 4.72 Å². The molecule has 0 bridgehead atoms. The van der Waals surface area contributed by atoms with Gasteiger partial charge in [0.05, 0.1) is 23.3 Å². The van der Waals surface area contributed by atoms with Crippen LogP contribution in [0.3, 0.4) is 0 Å². The number of anilines is 1. The van der Waals surface area contributed by atoms with Crippen molar-refractivity contribution >= 4 is 22.0 Å². The van der Waals surface area contributed by atoms with Gasteiger partial charge in [0.1, 0.15) is 0 Å². The molecule has 0 radical (unpaired) electrons. The van der Waals surface area contributed by atoms with Crippen LogP contribution in [0.4, 0.5) is 18.9 Å². The Morgan fingerprint density at radius 1 is 1.16 bits per heavy atom. The van der Waals surface area contributed by atoms with E-state index in [0.29, 0.717) is 11.6 Å². The molecule has 25 heavy (non-hydrogen) atoms. The summed E-state index contributed by atoms with van der Waals surface area (Å²) in [6.45, 7) is 0.169. The highest BCUT2D eigenvalue weighted by atomic mass is 32.2. The normalized spacial score (nSPS) is 11.8. The highest BCUT2D eigenvalue weighted by Crippen LogP contribution is 2.30. The topological polar surface area (TPSA) is 99.3 Å². The van der Waals surface area contributed by atoms with Gasteiger partial charge < -0.3 is 0 Å². The quantitative estimate of drug-likeness (QED) is 0.314. The van der Waals surface area contributed by atoms with E-state index in [1.807, 2.05) is 0 Å². The van der Waals surface area contributed by atoms with Crippen molar-refractivity contribution in [3.63, 3.8) is 0 Å². The van der Waals surface area contributed by atoms with Crippen LogP contribution >= 0.6 is 0 Å². The fourth-order valence-electron chi connectivity index (χ4n) is 2.04. The Morgan fingerprint density at radius 3 is 2.48 bits per heavy atom. The summed E-state index contributed by atoms with van der Waals surface area (Å²) in [5, 5.41) is 8.09. The van der Waals surface area contributed by atoms with Crippen LogP contribution in [0.15, 0.2) is 53.4 Å². The van der Waals surface area contributed by atoms with Gasteiger partial charge in [0.15, 0.2) is 0 Å². The van der Waals surface area contributed by atoms with E-state index in [1.54, 1.807) is 12.1 Å². The van der Waals surface area contributed by atoms with Gasteiger partial charge in [0, 0.05) is 5.69 Å². The van der Waals surface area contributed by atoms with Gasteiger partial charge in [0.2, 0.25) is 0 Å². The molecule has 4 N–H and O–H groups in total. The molecule has 0 aliphatic rings. The smallest absolute Gasteiger partial charge is 0.297 e. The van der Waals surface area contributed by atoms with Gasteiger partial charge in [-0.25, -0.2) is 14.3 Å². The van der Waals surface area contributed by atoms with Crippen molar-refractivity contribution in [2.45, 2.75) is 17.6 Å². The number of hydrogen-bond acceptors (Lipinski definition) is 4. The van der Waals surface area contributed by atoms with Crippen LogP contribution in [-0.2, 0) is 22.7 Å². The van der Waals surface area contributed by atoms with Crippen molar-refractivity contribution < 1.29 is 21.6 Å². The van der Waals surface area contributed by atoms with Crippen LogP contribution in [-0.4, -0.2) is 19.8 Å². The van der Waals surface area contributed by atoms with Gasteiger partial charge in [-0.15, -0.1) is 0 Å². The molecule has 0 aliphatic heterocycles. The molecule has 2 aromatic carbocycles. The number of sulfonamides is 1. The molecule has 10 heteroatoms. The Balaban J connectivity index is 2.27. The first-order valence-corrected chi connectivity index (χ1v) is 8.41. The van der Waals surface area contributed by atoms with Gasteiger partial charge in [-0.2, -0.15) is 13.2 Å². The maximum atomic E-state index is 12.7. The highest BCUT2D eigenvalue weighted by Gasteiger charge is 2.31.